The molecule has 1 saturated carbocycles. The molecule has 1 aliphatic rings. The zero-order valence-electron chi connectivity index (χ0n) is 10.6. The van der Waals surface area contributed by atoms with Crippen molar-refractivity contribution in [3.63, 3.8) is 0 Å². The topological polar surface area (TPSA) is 82.0 Å². The minimum atomic E-state index is -0.865. The minimum Gasteiger partial charge on any atom is -1.00 e. The molecule has 1 atom stereocenters. The Balaban J connectivity index is 0.00000289. The van der Waals surface area contributed by atoms with E-state index in [2.05, 4.69) is 5.73 Å². The van der Waals surface area contributed by atoms with Gasteiger partial charge in [-0.25, -0.2) is 4.79 Å². The summed E-state index contributed by atoms with van der Waals surface area (Å²) in [5, 5.41) is 8.65. The number of halogens is 1. The molecule has 0 saturated heterocycles. The molecule has 0 radical (unpaired) electrons. The van der Waals surface area contributed by atoms with Gasteiger partial charge in [0.15, 0.2) is 6.04 Å². The van der Waals surface area contributed by atoms with Gasteiger partial charge in [-0.15, -0.1) is 0 Å². The number of thioether (sulfide) groups is 1. The fraction of sp³-hybridized carbons (Fsp3) is 0.833. The second-order valence-electron chi connectivity index (χ2n) is 4.66. The number of ketones is 1. The highest BCUT2D eigenvalue weighted by Gasteiger charge is 2.21. The molecule has 0 bridgehead atoms. The van der Waals surface area contributed by atoms with Crippen LogP contribution < -0.4 is 18.1 Å². The van der Waals surface area contributed by atoms with Crippen LogP contribution in [0.2, 0.25) is 0 Å². The number of quaternary nitrogens is 1. The Morgan fingerprint density at radius 2 is 1.89 bits per heavy atom. The van der Waals surface area contributed by atoms with Gasteiger partial charge < -0.3 is 23.2 Å². The van der Waals surface area contributed by atoms with Gasteiger partial charge in [0.1, 0.15) is 5.78 Å². The zero-order chi connectivity index (χ0) is 12.7. The number of aliphatic carboxylic acids is 1. The summed E-state index contributed by atoms with van der Waals surface area (Å²) in [6.45, 7) is 0. The van der Waals surface area contributed by atoms with E-state index in [1.807, 2.05) is 0 Å². The van der Waals surface area contributed by atoms with Crippen LogP contribution in [0.4, 0.5) is 0 Å². The first-order valence-corrected chi connectivity index (χ1v) is 7.43. The summed E-state index contributed by atoms with van der Waals surface area (Å²) in [5.41, 5.74) is 3.54. The number of carboxylic acids is 1. The maximum absolute atomic E-state index is 11.8. The van der Waals surface area contributed by atoms with Crippen LogP contribution in [0.5, 0.6) is 0 Å². The summed E-state index contributed by atoms with van der Waals surface area (Å²) in [6.07, 6.45) is 6.32. The van der Waals surface area contributed by atoms with Gasteiger partial charge in [-0.3, -0.25) is 4.79 Å². The number of rotatable bonds is 7. The summed E-state index contributed by atoms with van der Waals surface area (Å²) in [4.78, 5) is 22.4. The molecule has 1 aliphatic carbocycles. The van der Waals surface area contributed by atoms with E-state index in [0.29, 0.717) is 18.0 Å². The second kappa shape index (κ2) is 9.64. The molecule has 0 spiro atoms. The Morgan fingerprint density at radius 1 is 1.28 bits per heavy atom. The predicted molar refractivity (Wildman–Crippen MR) is 67.8 cm³/mol. The number of carboxylic acid groups (broad SMARTS) is 1. The lowest BCUT2D eigenvalue weighted by Gasteiger charge is -2.20. The molecule has 0 aromatic carbocycles. The fourth-order valence-corrected chi connectivity index (χ4v) is 3.04. The van der Waals surface area contributed by atoms with Crippen LogP contribution in [0, 0.1) is 5.92 Å². The Labute approximate surface area is 118 Å². The lowest BCUT2D eigenvalue weighted by Crippen LogP contribution is -3.00. The van der Waals surface area contributed by atoms with Crippen LogP contribution >= 0.6 is 11.8 Å². The molecule has 4 nitrogen and oxygen atoms in total. The van der Waals surface area contributed by atoms with Gasteiger partial charge in [-0.05, 0) is 12.8 Å². The molecule has 0 aliphatic heterocycles. The molecule has 4 N–H and O–H groups in total. The van der Waals surface area contributed by atoms with Crippen molar-refractivity contribution in [1.82, 2.24) is 0 Å². The first-order chi connectivity index (χ1) is 8.11. The fourth-order valence-electron chi connectivity index (χ4n) is 2.10. The van der Waals surface area contributed by atoms with Gasteiger partial charge in [0, 0.05) is 18.1 Å². The van der Waals surface area contributed by atoms with Crippen molar-refractivity contribution in [2.24, 2.45) is 5.92 Å². The molecule has 6 heteroatoms. The van der Waals surface area contributed by atoms with Crippen LogP contribution in [0.3, 0.4) is 0 Å². The third-order valence-corrected chi connectivity index (χ3v) is 4.35. The van der Waals surface area contributed by atoms with E-state index in [9.17, 15) is 9.59 Å². The summed E-state index contributed by atoms with van der Waals surface area (Å²) < 4.78 is 0. The third-order valence-electron chi connectivity index (χ3n) is 3.22. The van der Waals surface area contributed by atoms with E-state index in [1.54, 1.807) is 0 Å². The van der Waals surface area contributed by atoms with Crippen molar-refractivity contribution in [3.8, 4) is 0 Å². The van der Waals surface area contributed by atoms with E-state index < -0.39 is 12.0 Å². The van der Waals surface area contributed by atoms with E-state index >= 15 is 0 Å². The Bertz CT molecular complexity index is 270. The number of hydrogen-bond donors (Lipinski definition) is 2. The van der Waals surface area contributed by atoms with Gasteiger partial charge in [0.2, 0.25) is 0 Å². The van der Waals surface area contributed by atoms with E-state index in [4.69, 9.17) is 5.11 Å². The Hall–Kier alpha value is -0.260. The first kappa shape index (κ1) is 17.7. The number of Topliss-reactive ketones (excluding diaryl/α,β-unsaturated/α-hetero) is 1. The average Bonchev–Trinajstić information content (AvgIpc) is 2.35. The molecule has 1 unspecified atom stereocenters. The predicted octanol–water partition coefficient (Wildman–Crippen LogP) is -2.04. The van der Waals surface area contributed by atoms with Crippen molar-refractivity contribution in [1.29, 1.82) is 0 Å². The maximum Gasteiger partial charge on any atom is 0.363 e. The largest absolute Gasteiger partial charge is 1.00 e. The highest BCUT2D eigenvalue weighted by molar-refractivity contribution is 7.99. The third kappa shape index (κ3) is 6.61. The van der Waals surface area contributed by atoms with E-state index in [1.165, 1.54) is 31.0 Å². The van der Waals surface area contributed by atoms with Crippen molar-refractivity contribution in [3.05, 3.63) is 0 Å². The van der Waals surface area contributed by atoms with Gasteiger partial charge in [0.25, 0.3) is 0 Å². The Kier molecular flexibility index (Phi) is 9.50. The molecule has 1 fully saturated rings. The molecule has 0 aromatic rings. The van der Waals surface area contributed by atoms with Crippen LogP contribution in [0.25, 0.3) is 0 Å². The van der Waals surface area contributed by atoms with Crippen molar-refractivity contribution in [2.45, 2.75) is 44.6 Å². The van der Waals surface area contributed by atoms with Crippen molar-refractivity contribution < 1.29 is 32.8 Å². The minimum absolute atomic E-state index is 0. The summed E-state index contributed by atoms with van der Waals surface area (Å²) in [6, 6.07) is -0.565. The summed E-state index contributed by atoms with van der Waals surface area (Å²) >= 11 is 1.52. The summed E-state index contributed by atoms with van der Waals surface area (Å²) in [5.74, 6) is 1.01. The van der Waals surface area contributed by atoms with Gasteiger partial charge in [-0.2, -0.15) is 11.8 Å². The van der Waals surface area contributed by atoms with E-state index in [0.717, 1.165) is 18.6 Å². The lowest BCUT2D eigenvalue weighted by atomic mass is 9.85. The van der Waals surface area contributed by atoms with Crippen molar-refractivity contribution in [2.75, 3.05) is 11.5 Å². The average molecular weight is 296 g/mol. The number of carbonyl (C=O) groups is 2. The second-order valence-corrected chi connectivity index (χ2v) is 5.81. The molecule has 106 valence electrons. The number of hydrogen-bond acceptors (Lipinski definition) is 3. The van der Waals surface area contributed by atoms with Crippen LogP contribution in [-0.2, 0) is 9.59 Å². The first-order valence-electron chi connectivity index (χ1n) is 6.27. The monoisotopic (exact) mass is 295 g/mol. The van der Waals surface area contributed by atoms with Crippen molar-refractivity contribution >= 4 is 23.5 Å². The molecular weight excluding hydrogens is 274 g/mol. The zero-order valence-corrected chi connectivity index (χ0v) is 12.1. The maximum atomic E-state index is 11.8. The SMILES string of the molecule is [Cl-].[NH3+]C(CSCCC(=O)C1CCCCC1)C(=O)O. The van der Waals surface area contributed by atoms with Gasteiger partial charge >= 0.3 is 5.97 Å². The summed E-state index contributed by atoms with van der Waals surface area (Å²) in [7, 11) is 0. The smallest absolute Gasteiger partial charge is 0.363 e. The van der Waals surface area contributed by atoms with Crippen LogP contribution in [0.15, 0.2) is 0 Å². The van der Waals surface area contributed by atoms with Gasteiger partial charge in [0.05, 0.1) is 5.75 Å². The normalized spacial score (nSPS) is 17.8. The molecular formula is C12H22ClNO3S. The molecule has 1 rings (SSSR count). The quantitative estimate of drug-likeness (QED) is 0.530. The lowest BCUT2D eigenvalue weighted by molar-refractivity contribution is -0.400. The van der Waals surface area contributed by atoms with Gasteiger partial charge in [-0.1, -0.05) is 19.3 Å². The Morgan fingerprint density at radius 3 is 2.44 bits per heavy atom. The molecule has 0 heterocycles. The number of carbonyl (C=O) groups excluding carboxylic acids is 1. The molecule has 18 heavy (non-hydrogen) atoms. The highest BCUT2D eigenvalue weighted by Crippen LogP contribution is 2.25. The van der Waals surface area contributed by atoms with Crippen LogP contribution in [0.1, 0.15) is 38.5 Å². The molecule has 0 aromatic heterocycles. The molecule has 0 amide bonds. The standard InChI is InChI=1S/C12H21NO3S.ClH/c13-10(12(15)16)8-17-7-6-11(14)9-4-2-1-3-5-9;/h9-10H,1-8,13H2,(H,15,16);1H. The highest BCUT2D eigenvalue weighted by atomic mass is 35.5. The van der Waals surface area contributed by atoms with Crippen LogP contribution in [-0.4, -0.2) is 34.4 Å². The van der Waals surface area contributed by atoms with E-state index in [-0.39, 0.29) is 18.3 Å².